The first-order valence-corrected chi connectivity index (χ1v) is 4.69. The van der Waals surface area contributed by atoms with Crippen LogP contribution in [-0.4, -0.2) is 25.7 Å². The summed E-state index contributed by atoms with van der Waals surface area (Å²) in [6.45, 7) is 2.25. The van der Waals surface area contributed by atoms with E-state index in [1.54, 1.807) is 13.2 Å². The Morgan fingerprint density at radius 1 is 1.60 bits per heavy atom. The van der Waals surface area contributed by atoms with Gasteiger partial charge in [0.05, 0.1) is 6.61 Å². The van der Waals surface area contributed by atoms with Crippen LogP contribution < -0.4 is 5.32 Å². The van der Waals surface area contributed by atoms with Gasteiger partial charge in [-0.05, 0) is 25.1 Å². The summed E-state index contributed by atoms with van der Waals surface area (Å²) in [6, 6.07) is 5.48. The third kappa shape index (κ3) is 3.67. The van der Waals surface area contributed by atoms with E-state index in [0.29, 0.717) is 12.2 Å². The number of benzene rings is 1. The third-order valence-corrected chi connectivity index (χ3v) is 1.88. The van der Waals surface area contributed by atoms with Gasteiger partial charge in [0, 0.05) is 18.7 Å². The monoisotopic (exact) mass is 211 g/mol. The van der Waals surface area contributed by atoms with Crippen molar-refractivity contribution < 1.29 is 13.9 Å². The molecule has 1 N–H and O–H groups in total. The molecule has 0 fully saturated rings. The Balaban J connectivity index is 2.61. The van der Waals surface area contributed by atoms with Crippen LogP contribution in [-0.2, 0) is 4.74 Å². The minimum absolute atomic E-state index is 0.0919. The Morgan fingerprint density at radius 2 is 2.33 bits per heavy atom. The molecular formula is C11H14FNO2. The number of nitrogens with one attached hydrogen (secondary N) is 1. The number of methoxy groups -OCH3 is 1. The highest BCUT2D eigenvalue weighted by molar-refractivity contribution is 5.94. The van der Waals surface area contributed by atoms with E-state index in [-0.39, 0.29) is 11.9 Å². The van der Waals surface area contributed by atoms with Crippen LogP contribution in [0.3, 0.4) is 0 Å². The summed E-state index contributed by atoms with van der Waals surface area (Å²) >= 11 is 0. The quantitative estimate of drug-likeness (QED) is 0.821. The van der Waals surface area contributed by atoms with Crippen molar-refractivity contribution in [3.63, 3.8) is 0 Å². The zero-order valence-corrected chi connectivity index (χ0v) is 8.79. The summed E-state index contributed by atoms with van der Waals surface area (Å²) in [4.78, 5) is 11.5. The number of amides is 1. The average Bonchev–Trinajstić information content (AvgIpc) is 2.18. The van der Waals surface area contributed by atoms with Crippen molar-refractivity contribution in [3.05, 3.63) is 35.6 Å². The molecule has 0 heterocycles. The van der Waals surface area contributed by atoms with Gasteiger partial charge in [-0.25, -0.2) is 4.39 Å². The molecular weight excluding hydrogens is 197 g/mol. The van der Waals surface area contributed by atoms with Crippen LogP contribution >= 0.6 is 0 Å². The topological polar surface area (TPSA) is 38.3 Å². The molecule has 0 aliphatic rings. The van der Waals surface area contributed by atoms with Crippen molar-refractivity contribution >= 4 is 5.91 Å². The van der Waals surface area contributed by atoms with Crippen molar-refractivity contribution in [2.75, 3.05) is 13.7 Å². The van der Waals surface area contributed by atoms with Gasteiger partial charge in [-0.1, -0.05) is 6.07 Å². The van der Waals surface area contributed by atoms with Gasteiger partial charge in [0.2, 0.25) is 0 Å². The van der Waals surface area contributed by atoms with E-state index in [1.165, 1.54) is 18.2 Å². The number of hydrogen-bond acceptors (Lipinski definition) is 2. The molecule has 1 unspecified atom stereocenters. The van der Waals surface area contributed by atoms with E-state index in [9.17, 15) is 9.18 Å². The van der Waals surface area contributed by atoms with E-state index in [1.807, 2.05) is 6.92 Å². The van der Waals surface area contributed by atoms with Gasteiger partial charge in [-0.2, -0.15) is 0 Å². The highest BCUT2D eigenvalue weighted by atomic mass is 19.1. The van der Waals surface area contributed by atoms with Crippen molar-refractivity contribution in [2.45, 2.75) is 13.0 Å². The molecule has 0 spiro atoms. The second kappa shape index (κ2) is 5.46. The fourth-order valence-electron chi connectivity index (χ4n) is 1.23. The fraction of sp³-hybridized carbons (Fsp3) is 0.364. The molecule has 0 saturated carbocycles. The smallest absolute Gasteiger partial charge is 0.251 e. The number of rotatable bonds is 4. The standard InChI is InChI=1S/C11H14FNO2/c1-8(7-15-2)13-11(14)9-4-3-5-10(12)6-9/h3-6,8H,7H2,1-2H3,(H,13,14). The summed E-state index contributed by atoms with van der Waals surface area (Å²) in [5.74, 6) is -0.707. The van der Waals surface area contributed by atoms with Gasteiger partial charge in [-0.3, -0.25) is 4.79 Å². The molecule has 0 aliphatic carbocycles. The van der Waals surface area contributed by atoms with Gasteiger partial charge in [-0.15, -0.1) is 0 Å². The van der Waals surface area contributed by atoms with Gasteiger partial charge in [0.1, 0.15) is 5.82 Å². The summed E-state index contributed by atoms with van der Waals surface area (Å²) in [6.07, 6.45) is 0. The lowest BCUT2D eigenvalue weighted by Gasteiger charge is -2.12. The summed E-state index contributed by atoms with van der Waals surface area (Å²) < 4.78 is 17.7. The van der Waals surface area contributed by atoms with Crippen molar-refractivity contribution in [1.82, 2.24) is 5.32 Å². The first kappa shape index (κ1) is 11.7. The molecule has 0 aliphatic heterocycles. The second-order valence-electron chi connectivity index (χ2n) is 3.34. The van der Waals surface area contributed by atoms with Crippen LogP contribution in [0, 0.1) is 5.82 Å². The lowest BCUT2D eigenvalue weighted by molar-refractivity contribution is 0.0905. The predicted octanol–water partition coefficient (Wildman–Crippen LogP) is 1.59. The minimum Gasteiger partial charge on any atom is -0.383 e. The number of halogens is 1. The first-order chi connectivity index (χ1) is 7.13. The maximum Gasteiger partial charge on any atom is 0.251 e. The van der Waals surface area contributed by atoms with Crippen molar-refractivity contribution in [3.8, 4) is 0 Å². The van der Waals surface area contributed by atoms with Gasteiger partial charge >= 0.3 is 0 Å². The van der Waals surface area contributed by atoms with Crippen LogP contribution in [0.25, 0.3) is 0 Å². The minimum atomic E-state index is -0.415. The average molecular weight is 211 g/mol. The van der Waals surface area contributed by atoms with Crippen LogP contribution in [0.4, 0.5) is 4.39 Å². The largest absolute Gasteiger partial charge is 0.383 e. The zero-order valence-electron chi connectivity index (χ0n) is 8.79. The number of carbonyl (C=O) groups is 1. The zero-order chi connectivity index (χ0) is 11.3. The molecule has 1 aromatic rings. The molecule has 1 rings (SSSR count). The van der Waals surface area contributed by atoms with Crippen LogP contribution in [0.1, 0.15) is 17.3 Å². The summed E-state index contributed by atoms with van der Waals surface area (Å²) in [5, 5.41) is 2.69. The van der Waals surface area contributed by atoms with E-state index in [2.05, 4.69) is 5.32 Å². The maximum atomic E-state index is 12.8. The molecule has 0 bridgehead atoms. The summed E-state index contributed by atoms with van der Waals surface area (Å²) in [5.41, 5.74) is 0.318. The van der Waals surface area contributed by atoms with Crippen LogP contribution in [0.2, 0.25) is 0 Å². The normalized spacial score (nSPS) is 12.2. The molecule has 4 heteroatoms. The Hall–Kier alpha value is -1.42. The molecule has 0 aromatic heterocycles. The molecule has 82 valence electrons. The predicted molar refractivity (Wildman–Crippen MR) is 55.2 cm³/mol. The number of hydrogen-bond donors (Lipinski definition) is 1. The lowest BCUT2D eigenvalue weighted by Crippen LogP contribution is -2.35. The molecule has 1 atom stereocenters. The fourth-order valence-corrected chi connectivity index (χ4v) is 1.23. The SMILES string of the molecule is COCC(C)NC(=O)c1cccc(F)c1. The van der Waals surface area contributed by atoms with Crippen molar-refractivity contribution in [1.29, 1.82) is 0 Å². The highest BCUT2D eigenvalue weighted by Crippen LogP contribution is 2.03. The van der Waals surface area contributed by atoms with Gasteiger partial charge in [0.15, 0.2) is 0 Å². The Bertz CT molecular complexity index is 341. The molecule has 0 radical (unpaired) electrons. The van der Waals surface area contributed by atoms with E-state index < -0.39 is 5.82 Å². The molecule has 15 heavy (non-hydrogen) atoms. The Morgan fingerprint density at radius 3 is 2.93 bits per heavy atom. The molecule has 1 amide bonds. The van der Waals surface area contributed by atoms with E-state index >= 15 is 0 Å². The van der Waals surface area contributed by atoms with E-state index in [4.69, 9.17) is 4.74 Å². The van der Waals surface area contributed by atoms with E-state index in [0.717, 1.165) is 0 Å². The van der Waals surface area contributed by atoms with Gasteiger partial charge in [0.25, 0.3) is 5.91 Å². The molecule has 3 nitrogen and oxygen atoms in total. The second-order valence-corrected chi connectivity index (χ2v) is 3.34. The number of ether oxygens (including phenoxy) is 1. The molecule has 1 aromatic carbocycles. The Labute approximate surface area is 88.2 Å². The maximum absolute atomic E-state index is 12.8. The summed E-state index contributed by atoms with van der Waals surface area (Å²) in [7, 11) is 1.56. The Kier molecular flexibility index (Phi) is 4.24. The highest BCUT2D eigenvalue weighted by Gasteiger charge is 2.09. The first-order valence-electron chi connectivity index (χ1n) is 4.69. The van der Waals surface area contributed by atoms with Crippen LogP contribution in [0.5, 0.6) is 0 Å². The third-order valence-electron chi connectivity index (χ3n) is 1.88. The van der Waals surface area contributed by atoms with Crippen LogP contribution in [0.15, 0.2) is 24.3 Å². The molecule has 0 saturated heterocycles. The van der Waals surface area contributed by atoms with Gasteiger partial charge < -0.3 is 10.1 Å². The lowest BCUT2D eigenvalue weighted by atomic mass is 10.2. The number of carbonyl (C=O) groups excluding carboxylic acids is 1. The van der Waals surface area contributed by atoms with Crippen molar-refractivity contribution in [2.24, 2.45) is 0 Å².